The lowest BCUT2D eigenvalue weighted by atomic mass is 10.0. The van der Waals surface area contributed by atoms with Crippen molar-refractivity contribution in [2.45, 2.75) is 19.9 Å². The van der Waals surface area contributed by atoms with E-state index in [1.165, 1.54) is 23.5 Å². The third-order valence-corrected chi connectivity index (χ3v) is 3.67. The molecule has 1 heterocycles. The van der Waals surface area contributed by atoms with Crippen molar-refractivity contribution in [2.24, 2.45) is 0 Å². The number of nitrogens with one attached hydrogen (secondary N) is 1. The lowest BCUT2D eigenvalue weighted by Gasteiger charge is -2.10. The molecule has 0 unspecified atom stereocenters. The van der Waals surface area contributed by atoms with Gasteiger partial charge >= 0.3 is 0 Å². The first-order valence-electron chi connectivity index (χ1n) is 6.32. The second-order valence-electron chi connectivity index (χ2n) is 4.82. The Hall–Kier alpha value is -2.41. The summed E-state index contributed by atoms with van der Waals surface area (Å²) in [5.41, 5.74) is 7.72. The molecule has 2 aromatic rings. The third-order valence-electron chi connectivity index (χ3n) is 2.86. The van der Waals surface area contributed by atoms with Crippen molar-refractivity contribution < 1.29 is 9.72 Å². The molecule has 0 bridgehead atoms. The fraction of sp³-hybridized carbons (Fsp3) is 0.214. The summed E-state index contributed by atoms with van der Waals surface area (Å²) in [5.74, 6) is -0.239. The van der Waals surface area contributed by atoms with E-state index in [2.05, 4.69) is 5.32 Å². The molecule has 2 rings (SSSR count). The number of nitrogen functional groups attached to an aromatic ring is 1. The quantitative estimate of drug-likeness (QED) is 0.670. The van der Waals surface area contributed by atoms with Crippen LogP contribution in [0.25, 0.3) is 11.1 Å². The Morgan fingerprint density at radius 1 is 1.33 bits per heavy atom. The average Bonchev–Trinajstić information content (AvgIpc) is 2.80. The molecule has 6 nitrogen and oxygen atoms in total. The maximum atomic E-state index is 12.2. The molecule has 110 valence electrons. The molecule has 1 amide bonds. The standard InChI is InChI=1S/C14H15N3O3S/c1-8(2)16-14(18)12-11(7-21-13(12)15)9-3-5-10(6-4-9)17(19)20/h3-8H,15H2,1-2H3,(H,16,18). The first-order valence-corrected chi connectivity index (χ1v) is 7.20. The van der Waals surface area contributed by atoms with Gasteiger partial charge in [-0.15, -0.1) is 11.3 Å². The second kappa shape index (κ2) is 5.92. The van der Waals surface area contributed by atoms with Gasteiger partial charge in [0.25, 0.3) is 11.6 Å². The molecule has 21 heavy (non-hydrogen) atoms. The predicted octanol–water partition coefficient (Wildman–Crippen LogP) is 3.04. The molecule has 0 spiro atoms. The van der Waals surface area contributed by atoms with E-state index in [4.69, 9.17) is 5.73 Å². The van der Waals surface area contributed by atoms with Crippen LogP contribution in [-0.2, 0) is 0 Å². The number of non-ortho nitro benzene ring substituents is 1. The second-order valence-corrected chi connectivity index (χ2v) is 5.73. The number of carbonyl (C=O) groups is 1. The van der Waals surface area contributed by atoms with Gasteiger partial charge in [-0.3, -0.25) is 14.9 Å². The maximum absolute atomic E-state index is 12.2. The minimum absolute atomic E-state index is 0.00140. The van der Waals surface area contributed by atoms with Gasteiger partial charge in [-0.1, -0.05) is 0 Å². The minimum Gasteiger partial charge on any atom is -0.390 e. The van der Waals surface area contributed by atoms with Crippen molar-refractivity contribution in [3.63, 3.8) is 0 Å². The van der Waals surface area contributed by atoms with E-state index in [1.54, 1.807) is 17.5 Å². The van der Waals surface area contributed by atoms with Crippen molar-refractivity contribution in [2.75, 3.05) is 5.73 Å². The molecule has 0 radical (unpaired) electrons. The van der Waals surface area contributed by atoms with Gasteiger partial charge in [0.1, 0.15) is 0 Å². The number of nitrogens with two attached hydrogens (primary N) is 1. The highest BCUT2D eigenvalue weighted by molar-refractivity contribution is 7.15. The van der Waals surface area contributed by atoms with Crippen molar-refractivity contribution in [3.05, 3.63) is 45.3 Å². The van der Waals surface area contributed by atoms with Crippen LogP contribution in [0.15, 0.2) is 29.6 Å². The van der Waals surface area contributed by atoms with Crippen LogP contribution in [0.4, 0.5) is 10.7 Å². The zero-order chi connectivity index (χ0) is 15.6. The maximum Gasteiger partial charge on any atom is 0.269 e. The number of hydrogen-bond acceptors (Lipinski definition) is 5. The molecular weight excluding hydrogens is 290 g/mol. The summed E-state index contributed by atoms with van der Waals surface area (Å²) >= 11 is 1.27. The molecule has 0 aliphatic carbocycles. The summed E-state index contributed by atoms with van der Waals surface area (Å²) in [5, 5.41) is 15.7. The van der Waals surface area contributed by atoms with Crippen molar-refractivity contribution in [1.29, 1.82) is 0 Å². The predicted molar refractivity (Wildman–Crippen MR) is 83.4 cm³/mol. The molecule has 0 saturated carbocycles. The number of thiophene rings is 1. The van der Waals surface area contributed by atoms with E-state index in [-0.39, 0.29) is 17.6 Å². The number of nitro benzene ring substituents is 1. The summed E-state index contributed by atoms with van der Waals surface area (Å²) in [7, 11) is 0. The molecule has 0 atom stereocenters. The number of anilines is 1. The third kappa shape index (κ3) is 3.19. The van der Waals surface area contributed by atoms with E-state index in [0.29, 0.717) is 16.1 Å². The van der Waals surface area contributed by atoms with E-state index in [9.17, 15) is 14.9 Å². The zero-order valence-corrected chi connectivity index (χ0v) is 12.4. The number of nitro groups is 1. The lowest BCUT2D eigenvalue weighted by Crippen LogP contribution is -2.30. The van der Waals surface area contributed by atoms with Crippen molar-refractivity contribution in [3.8, 4) is 11.1 Å². The Bertz CT molecular complexity index is 677. The van der Waals surface area contributed by atoms with Crippen LogP contribution in [0.2, 0.25) is 0 Å². The van der Waals surface area contributed by atoms with Gasteiger partial charge in [0.2, 0.25) is 0 Å². The highest BCUT2D eigenvalue weighted by Gasteiger charge is 2.19. The summed E-state index contributed by atoms with van der Waals surface area (Å²) in [6, 6.07) is 6.06. The van der Waals surface area contributed by atoms with Crippen LogP contribution in [-0.4, -0.2) is 16.9 Å². The molecule has 1 aromatic heterocycles. The minimum atomic E-state index is -0.460. The highest BCUT2D eigenvalue weighted by Crippen LogP contribution is 2.34. The van der Waals surface area contributed by atoms with Gasteiger partial charge in [0.15, 0.2) is 0 Å². The van der Waals surface area contributed by atoms with Crippen molar-refractivity contribution in [1.82, 2.24) is 5.32 Å². The Kier molecular flexibility index (Phi) is 4.23. The number of amides is 1. The van der Waals surface area contributed by atoms with Gasteiger partial charge in [-0.05, 0) is 31.5 Å². The number of nitrogens with zero attached hydrogens (tertiary/aromatic N) is 1. The molecule has 0 aliphatic rings. The van der Waals surface area contributed by atoms with Crippen LogP contribution in [0.1, 0.15) is 24.2 Å². The molecule has 0 saturated heterocycles. The average molecular weight is 305 g/mol. The van der Waals surface area contributed by atoms with Crippen LogP contribution in [0.5, 0.6) is 0 Å². The summed E-state index contributed by atoms with van der Waals surface area (Å²) in [6.45, 7) is 3.73. The molecule has 0 fully saturated rings. The summed E-state index contributed by atoms with van der Waals surface area (Å²) in [4.78, 5) is 22.4. The van der Waals surface area contributed by atoms with E-state index in [0.717, 1.165) is 5.56 Å². The molecular formula is C14H15N3O3S. The van der Waals surface area contributed by atoms with E-state index in [1.807, 2.05) is 13.8 Å². The fourth-order valence-electron chi connectivity index (χ4n) is 1.92. The Morgan fingerprint density at radius 2 is 1.95 bits per heavy atom. The zero-order valence-electron chi connectivity index (χ0n) is 11.6. The van der Waals surface area contributed by atoms with Gasteiger partial charge in [0, 0.05) is 29.1 Å². The van der Waals surface area contributed by atoms with E-state index < -0.39 is 4.92 Å². The fourth-order valence-corrected chi connectivity index (χ4v) is 2.74. The lowest BCUT2D eigenvalue weighted by molar-refractivity contribution is -0.384. The first-order chi connectivity index (χ1) is 9.90. The Balaban J connectivity index is 2.40. The van der Waals surface area contributed by atoms with Crippen LogP contribution in [0.3, 0.4) is 0 Å². The van der Waals surface area contributed by atoms with Gasteiger partial charge in [-0.2, -0.15) is 0 Å². The van der Waals surface area contributed by atoms with Gasteiger partial charge in [0.05, 0.1) is 15.5 Å². The summed E-state index contributed by atoms with van der Waals surface area (Å²) in [6.07, 6.45) is 0. The SMILES string of the molecule is CC(C)NC(=O)c1c(-c2ccc([N+](=O)[O-])cc2)csc1N. The summed E-state index contributed by atoms with van der Waals surface area (Å²) < 4.78 is 0. The van der Waals surface area contributed by atoms with Crippen LogP contribution < -0.4 is 11.1 Å². The number of rotatable bonds is 4. The molecule has 3 N–H and O–H groups in total. The largest absolute Gasteiger partial charge is 0.390 e. The van der Waals surface area contributed by atoms with Crippen LogP contribution >= 0.6 is 11.3 Å². The van der Waals surface area contributed by atoms with Crippen LogP contribution in [0, 0.1) is 10.1 Å². The number of hydrogen-bond donors (Lipinski definition) is 2. The normalized spacial score (nSPS) is 10.6. The first kappa shape index (κ1) is 15.0. The monoisotopic (exact) mass is 305 g/mol. The topological polar surface area (TPSA) is 98.3 Å². The Labute approximate surface area is 125 Å². The molecule has 1 aromatic carbocycles. The number of benzene rings is 1. The van der Waals surface area contributed by atoms with E-state index >= 15 is 0 Å². The Morgan fingerprint density at radius 3 is 2.48 bits per heavy atom. The van der Waals surface area contributed by atoms with Crippen molar-refractivity contribution >= 4 is 27.9 Å². The smallest absolute Gasteiger partial charge is 0.269 e. The molecule has 0 aliphatic heterocycles. The van der Waals surface area contributed by atoms with Gasteiger partial charge in [-0.25, -0.2) is 0 Å². The van der Waals surface area contributed by atoms with Gasteiger partial charge < -0.3 is 11.1 Å². The molecule has 7 heteroatoms. The highest BCUT2D eigenvalue weighted by atomic mass is 32.1. The number of carbonyl (C=O) groups excluding carboxylic acids is 1.